The first-order valence-electron chi connectivity index (χ1n) is 6.65. The number of carbonyl (C=O) groups is 1. The van der Waals surface area contributed by atoms with Crippen LogP contribution in [0.1, 0.15) is 37.3 Å². The van der Waals surface area contributed by atoms with E-state index in [2.05, 4.69) is 36.1 Å². The van der Waals surface area contributed by atoms with Crippen LogP contribution in [0.2, 0.25) is 0 Å². The van der Waals surface area contributed by atoms with Gasteiger partial charge in [0.05, 0.1) is 7.11 Å². The minimum absolute atomic E-state index is 0.0950. The lowest BCUT2D eigenvalue weighted by molar-refractivity contribution is -0.147. The largest absolute Gasteiger partial charge is 0.468 e. The van der Waals surface area contributed by atoms with E-state index in [1.54, 1.807) is 0 Å². The molecular formula is C15H21NO2. The number of hydrogen-bond donors (Lipinski definition) is 0. The van der Waals surface area contributed by atoms with Crippen LogP contribution in [0.15, 0.2) is 24.3 Å². The van der Waals surface area contributed by atoms with Crippen molar-refractivity contribution in [1.29, 1.82) is 0 Å². The van der Waals surface area contributed by atoms with E-state index in [0.29, 0.717) is 0 Å². The maximum Gasteiger partial charge on any atom is 0.323 e. The fourth-order valence-electron chi connectivity index (χ4n) is 2.56. The van der Waals surface area contributed by atoms with Crippen LogP contribution in [0, 0.1) is 0 Å². The van der Waals surface area contributed by atoms with E-state index < -0.39 is 0 Å². The molecule has 1 aromatic rings. The molecule has 1 aromatic carbocycles. The third kappa shape index (κ3) is 2.72. The Bertz CT molecular complexity index is 392. The minimum atomic E-state index is -0.101. The van der Waals surface area contributed by atoms with E-state index in [1.165, 1.54) is 18.2 Å². The number of hydrogen-bond acceptors (Lipinski definition) is 3. The third-order valence-corrected chi connectivity index (χ3v) is 3.61. The molecule has 0 aromatic heterocycles. The number of rotatable bonds is 5. The topological polar surface area (TPSA) is 29.5 Å². The average molecular weight is 247 g/mol. The molecule has 0 aliphatic carbocycles. The molecule has 1 aliphatic heterocycles. The fourth-order valence-corrected chi connectivity index (χ4v) is 2.56. The highest BCUT2D eigenvalue weighted by atomic mass is 16.5. The highest BCUT2D eigenvalue weighted by molar-refractivity contribution is 5.75. The normalized spacial score (nSPS) is 16.3. The average Bonchev–Trinajstić information content (AvgIpc) is 2.82. The third-order valence-electron chi connectivity index (χ3n) is 3.61. The van der Waals surface area contributed by atoms with Crippen LogP contribution < -0.4 is 0 Å². The molecule has 18 heavy (non-hydrogen) atoms. The van der Waals surface area contributed by atoms with Crippen molar-refractivity contribution in [2.45, 2.75) is 45.3 Å². The number of carbonyl (C=O) groups excluding carboxylic acids is 1. The van der Waals surface area contributed by atoms with Gasteiger partial charge in [-0.05, 0) is 17.5 Å². The first-order chi connectivity index (χ1) is 8.76. The van der Waals surface area contributed by atoms with Gasteiger partial charge in [-0.2, -0.15) is 0 Å². The molecule has 0 spiro atoms. The Kier molecular flexibility index (Phi) is 4.37. The number of nitrogens with zero attached hydrogens (tertiary/aromatic N) is 1. The molecule has 0 fully saturated rings. The predicted molar refractivity (Wildman–Crippen MR) is 71.0 cm³/mol. The van der Waals surface area contributed by atoms with Crippen molar-refractivity contribution in [1.82, 2.24) is 4.90 Å². The molecule has 3 heteroatoms. The molecule has 1 aliphatic rings. The van der Waals surface area contributed by atoms with Crippen LogP contribution in [-0.2, 0) is 22.6 Å². The second-order valence-corrected chi connectivity index (χ2v) is 4.85. The highest BCUT2D eigenvalue weighted by Gasteiger charge is 2.30. The number of benzene rings is 1. The lowest BCUT2D eigenvalue weighted by Gasteiger charge is -2.25. The second-order valence-electron chi connectivity index (χ2n) is 4.85. The molecule has 0 bridgehead atoms. The lowest BCUT2D eigenvalue weighted by Crippen LogP contribution is -2.38. The van der Waals surface area contributed by atoms with Gasteiger partial charge in [0, 0.05) is 13.1 Å². The molecule has 0 amide bonds. The van der Waals surface area contributed by atoms with Crippen molar-refractivity contribution in [3.05, 3.63) is 35.4 Å². The predicted octanol–water partition coefficient (Wildman–Crippen LogP) is 2.73. The van der Waals surface area contributed by atoms with E-state index >= 15 is 0 Å². The van der Waals surface area contributed by atoms with Gasteiger partial charge in [-0.3, -0.25) is 9.69 Å². The quantitative estimate of drug-likeness (QED) is 0.749. The Morgan fingerprint density at radius 1 is 1.33 bits per heavy atom. The molecule has 2 rings (SSSR count). The first kappa shape index (κ1) is 13.1. The Labute approximate surface area is 109 Å². The summed E-state index contributed by atoms with van der Waals surface area (Å²) in [6.45, 7) is 3.87. The van der Waals surface area contributed by atoms with Gasteiger partial charge in [-0.25, -0.2) is 0 Å². The summed E-state index contributed by atoms with van der Waals surface area (Å²) in [6, 6.07) is 8.30. The van der Waals surface area contributed by atoms with Crippen molar-refractivity contribution in [3.63, 3.8) is 0 Å². The lowest BCUT2D eigenvalue weighted by atomic mass is 10.1. The fraction of sp³-hybridized carbons (Fsp3) is 0.533. The van der Waals surface area contributed by atoms with Gasteiger partial charge in [-0.1, -0.05) is 44.0 Å². The summed E-state index contributed by atoms with van der Waals surface area (Å²) in [5.74, 6) is -0.101. The van der Waals surface area contributed by atoms with Crippen LogP contribution >= 0.6 is 0 Å². The molecule has 98 valence electrons. The maximum absolute atomic E-state index is 11.9. The zero-order valence-electron chi connectivity index (χ0n) is 11.2. The number of unbranched alkanes of at least 4 members (excludes halogenated alkanes) is 1. The Morgan fingerprint density at radius 3 is 2.44 bits per heavy atom. The summed E-state index contributed by atoms with van der Waals surface area (Å²) in [7, 11) is 1.48. The van der Waals surface area contributed by atoms with Crippen molar-refractivity contribution in [2.24, 2.45) is 0 Å². The highest BCUT2D eigenvalue weighted by Crippen LogP contribution is 2.26. The van der Waals surface area contributed by atoms with Crippen molar-refractivity contribution >= 4 is 5.97 Å². The number of methoxy groups -OCH3 is 1. The summed E-state index contributed by atoms with van der Waals surface area (Å²) < 4.78 is 4.94. The van der Waals surface area contributed by atoms with Gasteiger partial charge in [0.15, 0.2) is 0 Å². The molecule has 1 unspecified atom stereocenters. The number of fused-ring (bicyclic) bond motifs is 1. The molecule has 0 saturated heterocycles. The van der Waals surface area contributed by atoms with Gasteiger partial charge in [-0.15, -0.1) is 0 Å². The Balaban J connectivity index is 2.07. The SMILES string of the molecule is CCCCC(C(=O)OC)N1Cc2ccccc2C1. The van der Waals surface area contributed by atoms with Gasteiger partial charge in [0.1, 0.15) is 6.04 Å². The van der Waals surface area contributed by atoms with E-state index in [9.17, 15) is 4.79 Å². The van der Waals surface area contributed by atoms with Crippen molar-refractivity contribution < 1.29 is 9.53 Å². The number of esters is 1. The monoisotopic (exact) mass is 247 g/mol. The minimum Gasteiger partial charge on any atom is -0.468 e. The second kappa shape index (κ2) is 6.01. The summed E-state index contributed by atoms with van der Waals surface area (Å²) in [4.78, 5) is 14.1. The molecule has 0 saturated carbocycles. The molecule has 3 nitrogen and oxygen atoms in total. The van der Waals surface area contributed by atoms with Crippen molar-refractivity contribution in [2.75, 3.05) is 7.11 Å². The van der Waals surface area contributed by atoms with Gasteiger partial charge in [0.25, 0.3) is 0 Å². The van der Waals surface area contributed by atoms with Crippen LogP contribution in [-0.4, -0.2) is 24.0 Å². The molecule has 1 heterocycles. The summed E-state index contributed by atoms with van der Waals surface area (Å²) in [5, 5.41) is 0. The smallest absolute Gasteiger partial charge is 0.323 e. The first-order valence-corrected chi connectivity index (χ1v) is 6.65. The van der Waals surface area contributed by atoms with Crippen LogP contribution in [0.3, 0.4) is 0 Å². The van der Waals surface area contributed by atoms with Gasteiger partial charge in [0.2, 0.25) is 0 Å². The van der Waals surface area contributed by atoms with E-state index in [4.69, 9.17) is 4.74 Å². The zero-order valence-corrected chi connectivity index (χ0v) is 11.2. The summed E-state index contributed by atoms with van der Waals surface area (Å²) in [5.41, 5.74) is 2.67. The Hall–Kier alpha value is -1.35. The number of ether oxygens (including phenoxy) is 1. The van der Waals surface area contributed by atoms with Gasteiger partial charge >= 0.3 is 5.97 Å². The van der Waals surface area contributed by atoms with Crippen molar-refractivity contribution in [3.8, 4) is 0 Å². The zero-order chi connectivity index (χ0) is 13.0. The van der Waals surface area contributed by atoms with E-state index in [1.807, 2.05) is 0 Å². The molecule has 0 N–H and O–H groups in total. The van der Waals surface area contributed by atoms with Crippen LogP contribution in [0.25, 0.3) is 0 Å². The Morgan fingerprint density at radius 2 is 1.94 bits per heavy atom. The van der Waals surface area contributed by atoms with E-state index in [-0.39, 0.29) is 12.0 Å². The molecular weight excluding hydrogens is 226 g/mol. The van der Waals surface area contributed by atoms with Gasteiger partial charge < -0.3 is 4.74 Å². The summed E-state index contributed by atoms with van der Waals surface area (Å²) >= 11 is 0. The summed E-state index contributed by atoms with van der Waals surface area (Å²) in [6.07, 6.45) is 3.05. The molecule has 1 atom stereocenters. The van der Waals surface area contributed by atoms with E-state index in [0.717, 1.165) is 32.4 Å². The molecule has 0 radical (unpaired) electrons. The van der Waals surface area contributed by atoms with Crippen LogP contribution in [0.5, 0.6) is 0 Å². The maximum atomic E-state index is 11.9. The standard InChI is InChI=1S/C15H21NO2/c1-3-4-9-14(15(17)18-2)16-10-12-7-5-6-8-13(12)11-16/h5-8,14H,3-4,9-11H2,1-2H3. The van der Waals surface area contributed by atoms with Crippen LogP contribution in [0.4, 0.5) is 0 Å².